The van der Waals surface area contributed by atoms with E-state index in [-0.39, 0.29) is 5.91 Å². The van der Waals surface area contributed by atoms with Gasteiger partial charge in [-0.1, -0.05) is 38.1 Å². The maximum absolute atomic E-state index is 12.8. The van der Waals surface area contributed by atoms with Crippen LogP contribution in [0, 0.1) is 0 Å². The molecule has 0 fully saturated rings. The van der Waals surface area contributed by atoms with Crippen LogP contribution < -0.4 is 4.90 Å². The minimum absolute atomic E-state index is 0.0131. The molecule has 130 valence electrons. The lowest BCUT2D eigenvalue weighted by atomic mass is 9.95. The van der Waals surface area contributed by atoms with Crippen LogP contribution >= 0.6 is 0 Å². The van der Waals surface area contributed by atoms with E-state index in [0.717, 1.165) is 28.8 Å². The Hall–Kier alpha value is -2.62. The molecule has 0 spiro atoms. The van der Waals surface area contributed by atoms with Gasteiger partial charge in [0.05, 0.1) is 12.5 Å². The second-order valence-electron chi connectivity index (χ2n) is 6.77. The standard InChI is InChI=1S/C21H23NO3/c1-4-13(2)16-5-6-17-12-22(20(23)19(17)11-16)18-9-7-15(8-10-18)14(3)21(24)25/h5-11,13-14H,4,12H2,1-3H3,(H,24,25). The molecule has 0 bridgehead atoms. The number of hydrogen-bond acceptors (Lipinski definition) is 2. The summed E-state index contributed by atoms with van der Waals surface area (Å²) in [6.07, 6.45) is 1.04. The summed E-state index contributed by atoms with van der Waals surface area (Å²) in [5, 5.41) is 9.10. The largest absolute Gasteiger partial charge is 0.481 e. The number of carboxylic acid groups (broad SMARTS) is 1. The van der Waals surface area contributed by atoms with Gasteiger partial charge in [-0.25, -0.2) is 0 Å². The second kappa shape index (κ2) is 6.71. The molecule has 1 aliphatic rings. The molecule has 1 amide bonds. The number of fused-ring (bicyclic) bond motifs is 1. The predicted molar refractivity (Wildman–Crippen MR) is 98.2 cm³/mol. The van der Waals surface area contributed by atoms with E-state index in [4.69, 9.17) is 5.11 Å². The summed E-state index contributed by atoms with van der Waals surface area (Å²) in [6.45, 7) is 6.53. The lowest BCUT2D eigenvalue weighted by Gasteiger charge is -2.17. The Morgan fingerprint density at radius 2 is 1.76 bits per heavy atom. The zero-order chi connectivity index (χ0) is 18.1. The first-order chi connectivity index (χ1) is 11.9. The molecular formula is C21H23NO3. The van der Waals surface area contributed by atoms with Gasteiger partial charge in [-0.2, -0.15) is 0 Å². The third-order valence-corrected chi connectivity index (χ3v) is 5.19. The number of benzene rings is 2. The molecule has 2 aromatic rings. The van der Waals surface area contributed by atoms with Crippen molar-refractivity contribution in [3.63, 3.8) is 0 Å². The summed E-state index contributed by atoms with van der Waals surface area (Å²) in [6, 6.07) is 13.4. The molecule has 2 aromatic carbocycles. The molecule has 0 aromatic heterocycles. The molecule has 4 heteroatoms. The van der Waals surface area contributed by atoms with Crippen LogP contribution in [0.2, 0.25) is 0 Å². The first-order valence-corrected chi connectivity index (χ1v) is 8.69. The minimum Gasteiger partial charge on any atom is -0.481 e. The molecule has 1 N–H and O–H groups in total. The van der Waals surface area contributed by atoms with Crippen LogP contribution in [0.3, 0.4) is 0 Å². The summed E-state index contributed by atoms with van der Waals surface area (Å²) < 4.78 is 0. The number of carbonyl (C=O) groups excluding carboxylic acids is 1. The SMILES string of the molecule is CCC(C)c1ccc2c(c1)C(=O)N(c1ccc(C(C)C(=O)O)cc1)C2. The second-order valence-corrected chi connectivity index (χ2v) is 6.77. The zero-order valence-corrected chi connectivity index (χ0v) is 14.8. The van der Waals surface area contributed by atoms with E-state index < -0.39 is 11.9 Å². The van der Waals surface area contributed by atoms with Crippen molar-refractivity contribution >= 4 is 17.6 Å². The number of nitrogens with zero attached hydrogens (tertiary/aromatic N) is 1. The van der Waals surface area contributed by atoms with Gasteiger partial charge >= 0.3 is 5.97 Å². The molecule has 3 rings (SSSR count). The van der Waals surface area contributed by atoms with Gasteiger partial charge in [0.1, 0.15) is 0 Å². The first kappa shape index (κ1) is 17.2. The Morgan fingerprint density at radius 1 is 1.12 bits per heavy atom. The summed E-state index contributed by atoms with van der Waals surface area (Å²) in [5.74, 6) is -0.961. The maximum Gasteiger partial charge on any atom is 0.310 e. The molecular weight excluding hydrogens is 314 g/mol. The highest BCUT2D eigenvalue weighted by Gasteiger charge is 2.29. The van der Waals surface area contributed by atoms with E-state index in [1.54, 1.807) is 24.0 Å². The highest BCUT2D eigenvalue weighted by molar-refractivity contribution is 6.10. The fraction of sp³-hybridized carbons (Fsp3) is 0.333. The number of aliphatic carboxylic acids is 1. The van der Waals surface area contributed by atoms with E-state index in [9.17, 15) is 9.59 Å². The highest BCUT2D eigenvalue weighted by atomic mass is 16.4. The van der Waals surface area contributed by atoms with Crippen molar-refractivity contribution in [1.82, 2.24) is 0 Å². The zero-order valence-electron chi connectivity index (χ0n) is 14.8. The Kier molecular flexibility index (Phi) is 4.62. The molecule has 1 aliphatic heterocycles. The van der Waals surface area contributed by atoms with Gasteiger partial charge in [-0.3, -0.25) is 9.59 Å². The highest BCUT2D eigenvalue weighted by Crippen LogP contribution is 2.32. The third-order valence-electron chi connectivity index (χ3n) is 5.19. The average molecular weight is 337 g/mol. The van der Waals surface area contributed by atoms with Crippen molar-refractivity contribution in [2.24, 2.45) is 0 Å². The van der Waals surface area contributed by atoms with Gasteiger partial charge in [0, 0.05) is 11.3 Å². The molecule has 1 heterocycles. The number of anilines is 1. The molecule has 4 nitrogen and oxygen atoms in total. The van der Waals surface area contributed by atoms with E-state index in [1.807, 2.05) is 18.2 Å². The quantitative estimate of drug-likeness (QED) is 0.871. The third kappa shape index (κ3) is 3.16. The van der Waals surface area contributed by atoms with Crippen LogP contribution in [-0.2, 0) is 11.3 Å². The Balaban J connectivity index is 1.85. The van der Waals surface area contributed by atoms with Crippen molar-refractivity contribution in [2.45, 2.75) is 45.6 Å². The molecule has 2 unspecified atom stereocenters. The Morgan fingerprint density at radius 3 is 2.36 bits per heavy atom. The lowest BCUT2D eigenvalue weighted by molar-refractivity contribution is -0.138. The number of carboxylic acids is 1. The van der Waals surface area contributed by atoms with Crippen LogP contribution in [-0.4, -0.2) is 17.0 Å². The number of hydrogen-bond donors (Lipinski definition) is 1. The van der Waals surface area contributed by atoms with Crippen molar-refractivity contribution in [2.75, 3.05) is 4.90 Å². The predicted octanol–water partition coefficient (Wildman–Crippen LogP) is 4.55. The summed E-state index contributed by atoms with van der Waals surface area (Å²) in [5.41, 5.74) is 4.55. The van der Waals surface area contributed by atoms with Gasteiger partial charge in [-0.05, 0) is 54.2 Å². The molecule has 0 aliphatic carbocycles. The topological polar surface area (TPSA) is 57.6 Å². The number of carbonyl (C=O) groups is 2. The van der Waals surface area contributed by atoms with Crippen LogP contribution in [0.5, 0.6) is 0 Å². The molecule has 0 saturated carbocycles. The lowest BCUT2D eigenvalue weighted by Crippen LogP contribution is -2.23. The summed E-state index contributed by atoms with van der Waals surface area (Å²) in [7, 11) is 0. The maximum atomic E-state index is 12.8. The Labute approximate surface area is 148 Å². The van der Waals surface area contributed by atoms with Crippen LogP contribution in [0.15, 0.2) is 42.5 Å². The fourth-order valence-electron chi connectivity index (χ4n) is 3.15. The summed E-state index contributed by atoms with van der Waals surface area (Å²) in [4.78, 5) is 25.7. The minimum atomic E-state index is -0.852. The molecule has 0 saturated heterocycles. The van der Waals surface area contributed by atoms with Crippen molar-refractivity contribution in [3.05, 3.63) is 64.7 Å². The monoisotopic (exact) mass is 337 g/mol. The van der Waals surface area contributed by atoms with Gasteiger partial charge in [0.15, 0.2) is 0 Å². The van der Waals surface area contributed by atoms with E-state index in [1.165, 1.54) is 5.56 Å². The van der Waals surface area contributed by atoms with Crippen LogP contribution in [0.4, 0.5) is 5.69 Å². The van der Waals surface area contributed by atoms with Gasteiger partial charge in [0.25, 0.3) is 5.91 Å². The van der Waals surface area contributed by atoms with E-state index in [0.29, 0.717) is 12.5 Å². The van der Waals surface area contributed by atoms with E-state index >= 15 is 0 Å². The van der Waals surface area contributed by atoms with Crippen LogP contribution in [0.1, 0.15) is 66.1 Å². The summed E-state index contributed by atoms with van der Waals surface area (Å²) >= 11 is 0. The first-order valence-electron chi connectivity index (χ1n) is 8.69. The van der Waals surface area contributed by atoms with Crippen molar-refractivity contribution in [3.8, 4) is 0 Å². The molecule has 0 radical (unpaired) electrons. The normalized spacial score (nSPS) is 15.8. The van der Waals surface area contributed by atoms with Gasteiger partial charge in [0.2, 0.25) is 0 Å². The smallest absolute Gasteiger partial charge is 0.310 e. The number of amides is 1. The van der Waals surface area contributed by atoms with Crippen molar-refractivity contribution in [1.29, 1.82) is 0 Å². The van der Waals surface area contributed by atoms with Crippen molar-refractivity contribution < 1.29 is 14.7 Å². The fourth-order valence-corrected chi connectivity index (χ4v) is 3.15. The number of rotatable bonds is 5. The molecule has 2 atom stereocenters. The van der Waals surface area contributed by atoms with E-state index in [2.05, 4.69) is 26.0 Å². The van der Waals surface area contributed by atoms with Gasteiger partial charge < -0.3 is 10.0 Å². The average Bonchev–Trinajstić information content (AvgIpc) is 2.96. The van der Waals surface area contributed by atoms with Gasteiger partial charge in [-0.15, -0.1) is 0 Å². The Bertz CT molecular complexity index is 810. The van der Waals surface area contributed by atoms with Crippen LogP contribution in [0.25, 0.3) is 0 Å². The molecule has 25 heavy (non-hydrogen) atoms.